The topological polar surface area (TPSA) is 63.0 Å². The Labute approximate surface area is 74.2 Å². The number of rotatable bonds is 0. The van der Waals surface area contributed by atoms with Crippen molar-refractivity contribution in [3.05, 3.63) is 28.4 Å². The van der Waals surface area contributed by atoms with E-state index in [2.05, 4.69) is 9.97 Å². The molecule has 0 aliphatic carbocycles. The van der Waals surface area contributed by atoms with Crippen LogP contribution in [0.25, 0.3) is 5.78 Å². The fourth-order valence-corrected chi connectivity index (χ4v) is 0.940. The summed E-state index contributed by atoms with van der Waals surface area (Å²) in [6, 6.07) is 1.03. The Hall–Kier alpha value is -1.86. The van der Waals surface area contributed by atoms with E-state index in [9.17, 15) is 18.0 Å². The van der Waals surface area contributed by atoms with Gasteiger partial charge in [-0.05, 0) is 0 Å². The first-order valence-electron chi connectivity index (χ1n) is 3.49. The lowest BCUT2D eigenvalue weighted by Crippen LogP contribution is -2.14. The molecule has 0 radical (unpaired) electrons. The van der Waals surface area contributed by atoms with Crippen LogP contribution < -0.4 is 5.56 Å². The minimum Gasteiger partial charge on any atom is -0.267 e. The van der Waals surface area contributed by atoms with Gasteiger partial charge in [-0.15, -0.1) is 0 Å². The summed E-state index contributed by atoms with van der Waals surface area (Å²) in [6.07, 6.45) is -3.52. The van der Waals surface area contributed by atoms with Crippen molar-refractivity contribution < 1.29 is 13.2 Å². The largest absolute Gasteiger partial charge is 0.451 e. The van der Waals surface area contributed by atoms with E-state index in [1.165, 1.54) is 0 Å². The fraction of sp³-hybridized carbons (Fsp3) is 0.167. The molecule has 0 unspecified atom stereocenters. The highest BCUT2D eigenvalue weighted by atomic mass is 19.4. The molecule has 0 amide bonds. The van der Waals surface area contributed by atoms with E-state index in [1.807, 2.05) is 5.10 Å². The second-order valence-corrected chi connectivity index (χ2v) is 2.49. The van der Waals surface area contributed by atoms with E-state index in [1.54, 1.807) is 0 Å². The van der Waals surface area contributed by atoms with Crippen LogP contribution in [0.4, 0.5) is 13.2 Å². The van der Waals surface area contributed by atoms with Gasteiger partial charge < -0.3 is 0 Å². The standard InChI is InChI=1S/C6H3F3N4O/c7-6(8,9)4-11-5-10-2-1-3(14)13(5)12-4/h1-2H,(H,10,11,12). The molecular formula is C6H3F3N4O. The summed E-state index contributed by atoms with van der Waals surface area (Å²) in [5.74, 6) is -1.54. The molecule has 0 saturated carbocycles. The summed E-state index contributed by atoms with van der Waals surface area (Å²) in [4.78, 5) is 17.6. The predicted molar refractivity (Wildman–Crippen MR) is 38.6 cm³/mol. The molecule has 0 fully saturated rings. The van der Waals surface area contributed by atoms with E-state index < -0.39 is 17.6 Å². The van der Waals surface area contributed by atoms with E-state index in [-0.39, 0.29) is 5.78 Å². The summed E-state index contributed by atoms with van der Waals surface area (Å²) in [5.41, 5.74) is -0.641. The molecule has 2 rings (SSSR count). The van der Waals surface area contributed by atoms with Crippen LogP contribution in [-0.4, -0.2) is 19.6 Å². The number of aromatic nitrogens is 4. The number of H-pyrrole nitrogens is 1. The second-order valence-electron chi connectivity index (χ2n) is 2.49. The Morgan fingerprint density at radius 2 is 2.14 bits per heavy atom. The van der Waals surface area contributed by atoms with Gasteiger partial charge in [0.2, 0.25) is 5.82 Å². The van der Waals surface area contributed by atoms with E-state index >= 15 is 0 Å². The minimum atomic E-state index is -4.61. The van der Waals surface area contributed by atoms with Crippen molar-refractivity contribution in [1.29, 1.82) is 0 Å². The smallest absolute Gasteiger partial charge is 0.267 e. The maximum absolute atomic E-state index is 12.1. The van der Waals surface area contributed by atoms with Crippen molar-refractivity contribution in [2.75, 3.05) is 0 Å². The number of nitrogens with one attached hydrogen (secondary N) is 1. The molecule has 1 N–H and O–H groups in total. The summed E-state index contributed by atoms with van der Waals surface area (Å²) >= 11 is 0. The minimum absolute atomic E-state index is 0.301. The third kappa shape index (κ3) is 1.24. The predicted octanol–water partition coefficient (Wildman–Crippen LogP) is 0.436. The normalized spacial score (nSPS) is 12.2. The van der Waals surface area contributed by atoms with Gasteiger partial charge in [-0.1, -0.05) is 0 Å². The lowest BCUT2D eigenvalue weighted by atomic mass is 10.6. The molecule has 0 aliphatic heterocycles. The Kier molecular flexibility index (Phi) is 1.60. The highest BCUT2D eigenvalue weighted by Crippen LogP contribution is 2.25. The molecule has 0 spiro atoms. The molecule has 8 heteroatoms. The first-order valence-corrected chi connectivity index (χ1v) is 3.49. The molecular weight excluding hydrogens is 201 g/mol. The number of aromatic amines is 1. The number of hydrogen-bond acceptors (Lipinski definition) is 3. The lowest BCUT2D eigenvalue weighted by Gasteiger charge is -1.98. The number of halogens is 3. The Morgan fingerprint density at radius 3 is 2.71 bits per heavy atom. The van der Waals surface area contributed by atoms with Gasteiger partial charge in [0, 0.05) is 12.3 Å². The van der Waals surface area contributed by atoms with Gasteiger partial charge in [0.25, 0.3) is 11.3 Å². The van der Waals surface area contributed by atoms with Crippen LogP contribution in [0.5, 0.6) is 0 Å². The van der Waals surface area contributed by atoms with Crippen molar-refractivity contribution in [3.8, 4) is 0 Å². The highest BCUT2D eigenvalue weighted by molar-refractivity contribution is 5.25. The van der Waals surface area contributed by atoms with E-state index in [0.29, 0.717) is 4.52 Å². The maximum Gasteiger partial charge on any atom is 0.451 e. The maximum atomic E-state index is 12.1. The van der Waals surface area contributed by atoms with Gasteiger partial charge in [0.15, 0.2) is 0 Å². The molecule has 2 aromatic heterocycles. The average Bonchev–Trinajstić information content (AvgIpc) is 2.48. The third-order valence-electron chi connectivity index (χ3n) is 1.53. The van der Waals surface area contributed by atoms with Crippen molar-refractivity contribution in [2.24, 2.45) is 0 Å². The molecule has 0 aromatic carbocycles. The Balaban J connectivity index is 2.75. The van der Waals surface area contributed by atoms with E-state index in [4.69, 9.17) is 0 Å². The molecule has 5 nitrogen and oxygen atoms in total. The zero-order chi connectivity index (χ0) is 10.3. The first-order chi connectivity index (χ1) is 6.48. The molecule has 0 saturated heterocycles. The Morgan fingerprint density at radius 1 is 1.43 bits per heavy atom. The van der Waals surface area contributed by atoms with Crippen LogP contribution in [0.2, 0.25) is 0 Å². The van der Waals surface area contributed by atoms with Crippen molar-refractivity contribution in [2.45, 2.75) is 6.18 Å². The van der Waals surface area contributed by atoms with Crippen molar-refractivity contribution >= 4 is 5.78 Å². The van der Waals surface area contributed by atoms with Crippen molar-refractivity contribution in [3.63, 3.8) is 0 Å². The SMILES string of the molecule is O=c1ccnc2nc(C(F)(F)F)[nH]n12. The van der Waals surface area contributed by atoms with Gasteiger partial charge in [0.05, 0.1) is 0 Å². The monoisotopic (exact) mass is 204 g/mol. The van der Waals surface area contributed by atoms with Crippen LogP contribution in [-0.2, 0) is 6.18 Å². The van der Waals surface area contributed by atoms with Gasteiger partial charge >= 0.3 is 6.18 Å². The highest BCUT2D eigenvalue weighted by Gasteiger charge is 2.35. The number of alkyl halides is 3. The quantitative estimate of drug-likeness (QED) is 0.677. The third-order valence-corrected chi connectivity index (χ3v) is 1.53. The van der Waals surface area contributed by atoms with Crippen molar-refractivity contribution in [1.82, 2.24) is 19.6 Å². The molecule has 74 valence electrons. The van der Waals surface area contributed by atoms with Gasteiger partial charge in [-0.3, -0.25) is 9.89 Å². The summed E-state index contributed by atoms with van der Waals surface area (Å²) in [5, 5.41) is 1.81. The van der Waals surface area contributed by atoms with Gasteiger partial charge in [0.1, 0.15) is 0 Å². The van der Waals surface area contributed by atoms with E-state index in [0.717, 1.165) is 12.3 Å². The number of fused-ring (bicyclic) bond motifs is 1. The van der Waals surface area contributed by atoms with Crippen LogP contribution in [0.1, 0.15) is 5.82 Å². The van der Waals surface area contributed by atoms with Crippen LogP contribution in [0, 0.1) is 0 Å². The van der Waals surface area contributed by atoms with Crippen LogP contribution in [0.15, 0.2) is 17.1 Å². The summed E-state index contributed by atoms with van der Waals surface area (Å²) in [7, 11) is 0. The summed E-state index contributed by atoms with van der Waals surface area (Å²) in [6.45, 7) is 0. The Bertz CT molecular complexity index is 526. The number of nitrogens with zero attached hydrogens (tertiary/aromatic N) is 3. The molecule has 2 heterocycles. The molecule has 0 bridgehead atoms. The summed E-state index contributed by atoms with van der Waals surface area (Å²) < 4.78 is 37.0. The van der Waals surface area contributed by atoms with Crippen LogP contribution in [0.3, 0.4) is 0 Å². The molecule has 0 aliphatic rings. The first kappa shape index (κ1) is 8.73. The second kappa shape index (κ2) is 2.56. The molecule has 0 atom stereocenters. The lowest BCUT2D eigenvalue weighted by molar-refractivity contribution is -0.144. The van der Waals surface area contributed by atoms with Crippen LogP contribution >= 0.6 is 0 Å². The fourth-order valence-electron chi connectivity index (χ4n) is 0.940. The number of hydrogen-bond donors (Lipinski definition) is 1. The zero-order valence-corrected chi connectivity index (χ0v) is 6.54. The average molecular weight is 204 g/mol. The zero-order valence-electron chi connectivity index (χ0n) is 6.54. The van der Waals surface area contributed by atoms with Gasteiger partial charge in [-0.2, -0.15) is 22.7 Å². The van der Waals surface area contributed by atoms with Gasteiger partial charge in [-0.25, -0.2) is 4.98 Å². The molecule has 14 heavy (non-hydrogen) atoms. The molecule has 2 aromatic rings.